The summed E-state index contributed by atoms with van der Waals surface area (Å²) in [6.07, 6.45) is 3.29. The Morgan fingerprint density at radius 2 is 2.06 bits per heavy atom. The molecule has 5 nitrogen and oxygen atoms in total. The van der Waals surface area contributed by atoms with Crippen molar-refractivity contribution in [1.82, 2.24) is 14.3 Å². The summed E-state index contributed by atoms with van der Waals surface area (Å²) in [6.45, 7) is 6.01. The molecular formula is C10H19N3O2S. The minimum absolute atomic E-state index is 0.136. The molecule has 0 atom stereocenters. The molecule has 0 unspecified atom stereocenters. The van der Waals surface area contributed by atoms with Crippen molar-refractivity contribution in [2.75, 3.05) is 12.8 Å². The van der Waals surface area contributed by atoms with Crippen LogP contribution in [-0.2, 0) is 16.6 Å². The summed E-state index contributed by atoms with van der Waals surface area (Å²) >= 11 is 0. The number of hydrogen-bond donors (Lipinski definition) is 1. The first-order valence-electron chi connectivity index (χ1n) is 5.13. The van der Waals surface area contributed by atoms with Gasteiger partial charge in [0.2, 0.25) is 10.0 Å². The molecule has 0 saturated heterocycles. The summed E-state index contributed by atoms with van der Waals surface area (Å²) in [4.78, 5) is 6.89. The van der Waals surface area contributed by atoms with Gasteiger partial charge in [0.1, 0.15) is 5.82 Å². The van der Waals surface area contributed by atoms with Gasteiger partial charge in [-0.1, -0.05) is 20.8 Å². The lowest BCUT2D eigenvalue weighted by atomic mass is 10.0. The maximum Gasteiger partial charge on any atom is 0.214 e. The fourth-order valence-corrected chi connectivity index (χ4v) is 2.98. The van der Waals surface area contributed by atoms with Crippen LogP contribution < -0.4 is 0 Å². The van der Waals surface area contributed by atoms with Crippen LogP contribution >= 0.6 is 0 Å². The molecule has 6 heteroatoms. The minimum Gasteiger partial charge on any atom is -0.347 e. The van der Waals surface area contributed by atoms with Gasteiger partial charge in [0.15, 0.2) is 0 Å². The Morgan fingerprint density at radius 3 is 2.50 bits per heavy atom. The number of nitrogens with zero attached hydrogens (tertiary/aromatic N) is 2. The summed E-state index contributed by atoms with van der Waals surface area (Å²) < 4.78 is 25.2. The second kappa shape index (κ2) is 4.55. The molecule has 0 aliphatic heterocycles. The fourth-order valence-electron chi connectivity index (χ4n) is 1.35. The highest BCUT2D eigenvalue weighted by atomic mass is 32.2. The lowest BCUT2D eigenvalue weighted by molar-refractivity contribution is 0.416. The molecule has 16 heavy (non-hydrogen) atoms. The third kappa shape index (κ3) is 3.94. The zero-order valence-corrected chi connectivity index (χ0v) is 11.0. The zero-order chi connectivity index (χ0) is 12.4. The van der Waals surface area contributed by atoms with Crippen molar-refractivity contribution in [2.45, 2.75) is 27.3 Å². The first-order valence-corrected chi connectivity index (χ1v) is 6.74. The van der Waals surface area contributed by atoms with Crippen molar-refractivity contribution in [3.63, 3.8) is 0 Å². The van der Waals surface area contributed by atoms with Gasteiger partial charge in [-0.3, -0.25) is 0 Å². The Morgan fingerprint density at radius 1 is 1.44 bits per heavy atom. The number of H-pyrrole nitrogens is 1. The number of nitrogens with one attached hydrogen (secondary N) is 1. The van der Waals surface area contributed by atoms with E-state index in [2.05, 4.69) is 9.97 Å². The SMILES string of the molecule is CN(Cc1ncc[nH]1)S(=O)(=O)CC(C)(C)C. The van der Waals surface area contributed by atoms with Crippen LogP contribution in [0.3, 0.4) is 0 Å². The van der Waals surface area contributed by atoms with Crippen LogP contribution in [0.25, 0.3) is 0 Å². The van der Waals surface area contributed by atoms with Crippen LogP contribution in [0, 0.1) is 5.41 Å². The van der Waals surface area contributed by atoms with Crippen molar-refractivity contribution in [1.29, 1.82) is 0 Å². The van der Waals surface area contributed by atoms with Crippen molar-refractivity contribution < 1.29 is 8.42 Å². The van der Waals surface area contributed by atoms with Crippen molar-refractivity contribution >= 4 is 10.0 Å². The van der Waals surface area contributed by atoms with Crippen LogP contribution in [0.15, 0.2) is 12.4 Å². The smallest absolute Gasteiger partial charge is 0.214 e. The van der Waals surface area contributed by atoms with Crippen LogP contribution in [0.5, 0.6) is 0 Å². The number of aromatic amines is 1. The molecule has 0 radical (unpaired) electrons. The zero-order valence-electron chi connectivity index (χ0n) is 10.2. The number of rotatable bonds is 4. The standard InChI is InChI=1S/C10H19N3O2S/c1-10(2,3)8-16(14,15)13(4)7-9-11-5-6-12-9/h5-6H,7-8H2,1-4H3,(H,11,12). The highest BCUT2D eigenvalue weighted by molar-refractivity contribution is 7.89. The molecule has 0 aliphatic carbocycles. The first-order chi connectivity index (χ1) is 7.21. The summed E-state index contributed by atoms with van der Waals surface area (Å²) in [5, 5.41) is 0. The van der Waals surface area contributed by atoms with Crippen molar-refractivity contribution in [3.05, 3.63) is 18.2 Å². The molecule has 1 aromatic rings. The van der Waals surface area contributed by atoms with E-state index >= 15 is 0 Å². The van der Waals surface area contributed by atoms with E-state index in [-0.39, 0.29) is 17.7 Å². The highest BCUT2D eigenvalue weighted by Crippen LogP contribution is 2.18. The molecule has 1 N–H and O–H groups in total. The third-order valence-corrected chi connectivity index (χ3v) is 4.33. The maximum absolute atomic E-state index is 12.0. The van der Waals surface area contributed by atoms with Crippen LogP contribution in [0.4, 0.5) is 0 Å². The van der Waals surface area contributed by atoms with Crippen molar-refractivity contribution in [2.24, 2.45) is 5.41 Å². The Bertz CT molecular complexity index is 417. The van der Waals surface area contributed by atoms with Crippen LogP contribution in [-0.4, -0.2) is 35.5 Å². The molecule has 1 aromatic heterocycles. The first kappa shape index (κ1) is 13.2. The molecule has 0 spiro atoms. The molecular weight excluding hydrogens is 226 g/mol. The largest absolute Gasteiger partial charge is 0.347 e. The van der Waals surface area contributed by atoms with Gasteiger partial charge in [0.25, 0.3) is 0 Å². The summed E-state index contributed by atoms with van der Waals surface area (Å²) in [5.41, 5.74) is -0.240. The lowest BCUT2D eigenvalue weighted by Crippen LogP contribution is -2.34. The van der Waals surface area contributed by atoms with Gasteiger partial charge < -0.3 is 4.98 Å². The Kier molecular flexibility index (Phi) is 3.75. The van der Waals surface area contributed by atoms with Gasteiger partial charge >= 0.3 is 0 Å². The number of imidazole rings is 1. The summed E-state index contributed by atoms with van der Waals surface area (Å²) in [7, 11) is -1.65. The molecule has 0 amide bonds. The van der Waals surface area contributed by atoms with E-state index in [1.807, 2.05) is 20.8 Å². The Balaban J connectivity index is 2.70. The van der Waals surface area contributed by atoms with Gasteiger partial charge in [0.05, 0.1) is 12.3 Å². The van der Waals surface area contributed by atoms with E-state index in [4.69, 9.17) is 0 Å². The number of hydrogen-bond acceptors (Lipinski definition) is 3. The van der Waals surface area contributed by atoms with E-state index < -0.39 is 10.0 Å². The molecule has 1 rings (SSSR count). The molecule has 0 aliphatic rings. The molecule has 92 valence electrons. The molecule has 1 heterocycles. The number of aromatic nitrogens is 2. The fraction of sp³-hybridized carbons (Fsp3) is 0.700. The monoisotopic (exact) mass is 245 g/mol. The van der Waals surface area contributed by atoms with Gasteiger partial charge in [-0.05, 0) is 5.41 Å². The van der Waals surface area contributed by atoms with Gasteiger partial charge in [0, 0.05) is 19.4 Å². The predicted octanol–water partition coefficient (Wildman–Crippen LogP) is 1.22. The second-order valence-corrected chi connectivity index (χ2v) is 7.18. The Labute approximate surface area is 96.9 Å². The van der Waals surface area contributed by atoms with E-state index in [1.165, 1.54) is 4.31 Å². The van der Waals surface area contributed by atoms with Gasteiger partial charge in [-0.2, -0.15) is 4.31 Å². The maximum atomic E-state index is 12.0. The third-order valence-electron chi connectivity index (χ3n) is 2.02. The lowest BCUT2D eigenvalue weighted by Gasteiger charge is -2.23. The molecule has 0 fully saturated rings. The van der Waals surface area contributed by atoms with Gasteiger partial charge in [-0.25, -0.2) is 13.4 Å². The predicted molar refractivity (Wildman–Crippen MR) is 63.3 cm³/mol. The van der Waals surface area contributed by atoms with Crippen LogP contribution in [0.2, 0.25) is 0 Å². The van der Waals surface area contributed by atoms with E-state index in [9.17, 15) is 8.42 Å². The summed E-state index contributed by atoms with van der Waals surface area (Å²) in [5.74, 6) is 0.789. The normalized spacial score (nSPS) is 13.3. The molecule has 0 bridgehead atoms. The average molecular weight is 245 g/mol. The van der Waals surface area contributed by atoms with E-state index in [0.717, 1.165) is 0 Å². The van der Waals surface area contributed by atoms with E-state index in [1.54, 1.807) is 19.4 Å². The topological polar surface area (TPSA) is 66.1 Å². The second-order valence-electron chi connectivity index (χ2n) is 5.11. The number of sulfonamides is 1. The molecule has 0 aromatic carbocycles. The minimum atomic E-state index is -3.22. The molecule has 0 saturated carbocycles. The van der Waals surface area contributed by atoms with Crippen molar-refractivity contribution in [3.8, 4) is 0 Å². The average Bonchev–Trinajstić information content (AvgIpc) is 2.51. The summed E-state index contributed by atoms with van der Waals surface area (Å²) in [6, 6.07) is 0. The van der Waals surface area contributed by atoms with Crippen LogP contribution in [0.1, 0.15) is 26.6 Å². The van der Waals surface area contributed by atoms with Gasteiger partial charge in [-0.15, -0.1) is 0 Å². The Hall–Kier alpha value is -0.880. The quantitative estimate of drug-likeness (QED) is 0.867. The highest BCUT2D eigenvalue weighted by Gasteiger charge is 2.25. The van der Waals surface area contributed by atoms with E-state index in [0.29, 0.717) is 5.82 Å².